The van der Waals surface area contributed by atoms with Crippen LogP contribution in [0.4, 0.5) is 0 Å². The van der Waals surface area contributed by atoms with Crippen LogP contribution in [0.5, 0.6) is 28.7 Å². The second-order valence-electron chi connectivity index (χ2n) is 6.07. The van der Waals surface area contributed by atoms with Crippen molar-refractivity contribution in [3.05, 3.63) is 78.4 Å². The Morgan fingerprint density at radius 2 is 1.45 bits per heavy atom. The van der Waals surface area contributed by atoms with E-state index in [1.54, 1.807) is 42.5 Å². The summed E-state index contributed by atoms with van der Waals surface area (Å²) in [4.78, 5) is 23.5. The Labute approximate surface area is 168 Å². The minimum Gasteiger partial charge on any atom is -0.493 e. The van der Waals surface area contributed by atoms with Gasteiger partial charge in [0.2, 0.25) is 0 Å². The number of hydrogen-bond acceptors (Lipinski definition) is 6. The summed E-state index contributed by atoms with van der Waals surface area (Å²) in [5, 5.41) is 0. The average molecular weight is 392 g/mol. The van der Waals surface area contributed by atoms with Gasteiger partial charge in [0, 0.05) is 5.56 Å². The van der Waals surface area contributed by atoms with Crippen molar-refractivity contribution in [2.24, 2.45) is 0 Å². The van der Waals surface area contributed by atoms with E-state index >= 15 is 0 Å². The van der Waals surface area contributed by atoms with Crippen molar-refractivity contribution in [3.63, 3.8) is 0 Å². The Balaban J connectivity index is 1.55. The molecule has 0 aromatic heterocycles. The van der Waals surface area contributed by atoms with Crippen molar-refractivity contribution in [1.82, 2.24) is 0 Å². The summed E-state index contributed by atoms with van der Waals surface area (Å²) < 4.78 is 21.6. The molecule has 3 rings (SSSR count). The van der Waals surface area contributed by atoms with E-state index in [1.807, 2.05) is 30.3 Å². The van der Waals surface area contributed by atoms with Crippen LogP contribution >= 0.6 is 0 Å². The lowest BCUT2D eigenvalue weighted by atomic mass is 10.1. The van der Waals surface area contributed by atoms with Crippen LogP contribution in [0.25, 0.3) is 0 Å². The van der Waals surface area contributed by atoms with Crippen LogP contribution in [-0.4, -0.2) is 25.5 Å². The third-order valence-electron chi connectivity index (χ3n) is 3.95. The number of carbonyl (C=O) groups excluding carboxylic acids is 2. The molecule has 0 saturated heterocycles. The molecule has 0 aliphatic carbocycles. The number of benzene rings is 3. The molecule has 0 saturated carbocycles. The van der Waals surface area contributed by atoms with Gasteiger partial charge in [-0.3, -0.25) is 4.79 Å². The molecule has 0 unspecified atom stereocenters. The standard InChI is InChI=1S/C23H20O6/c1-16(24)17-8-13-21(22(14-17)26-2)27-15-23(25)29-20-11-9-19(10-12-20)28-18-6-4-3-5-7-18/h3-14H,15H2,1-2H3. The van der Waals surface area contributed by atoms with Gasteiger partial charge in [-0.25, -0.2) is 4.79 Å². The molecule has 6 nitrogen and oxygen atoms in total. The molecule has 6 heteroatoms. The molecule has 0 amide bonds. The van der Waals surface area contributed by atoms with E-state index in [9.17, 15) is 9.59 Å². The van der Waals surface area contributed by atoms with Crippen LogP contribution in [-0.2, 0) is 4.79 Å². The maximum Gasteiger partial charge on any atom is 0.349 e. The topological polar surface area (TPSA) is 71.1 Å². The van der Waals surface area contributed by atoms with Gasteiger partial charge in [-0.1, -0.05) is 18.2 Å². The first-order valence-electron chi connectivity index (χ1n) is 8.90. The number of hydrogen-bond donors (Lipinski definition) is 0. The van der Waals surface area contributed by atoms with E-state index in [1.165, 1.54) is 14.0 Å². The van der Waals surface area contributed by atoms with Gasteiger partial charge in [-0.15, -0.1) is 0 Å². The average Bonchev–Trinajstić information content (AvgIpc) is 2.74. The third kappa shape index (κ3) is 5.59. The van der Waals surface area contributed by atoms with E-state index < -0.39 is 5.97 Å². The van der Waals surface area contributed by atoms with E-state index in [-0.39, 0.29) is 12.4 Å². The number of ketones is 1. The molecule has 3 aromatic rings. The number of carbonyl (C=O) groups is 2. The number of methoxy groups -OCH3 is 1. The van der Waals surface area contributed by atoms with E-state index in [2.05, 4.69) is 0 Å². The van der Waals surface area contributed by atoms with Gasteiger partial charge in [0.1, 0.15) is 17.2 Å². The van der Waals surface area contributed by atoms with Crippen molar-refractivity contribution in [3.8, 4) is 28.7 Å². The second kappa shape index (κ2) is 9.41. The number of esters is 1. The SMILES string of the molecule is COc1cc(C(C)=O)ccc1OCC(=O)Oc1ccc(Oc2ccccc2)cc1. The molecule has 0 heterocycles. The largest absolute Gasteiger partial charge is 0.493 e. The molecule has 0 fully saturated rings. The molecule has 29 heavy (non-hydrogen) atoms. The zero-order valence-corrected chi connectivity index (χ0v) is 16.1. The molecular weight excluding hydrogens is 372 g/mol. The Bertz CT molecular complexity index is 980. The molecule has 0 radical (unpaired) electrons. The predicted octanol–water partition coefficient (Wildman–Crippen LogP) is 4.67. The fourth-order valence-electron chi connectivity index (χ4n) is 2.50. The van der Waals surface area contributed by atoms with Gasteiger partial charge in [0.25, 0.3) is 0 Å². The highest BCUT2D eigenvalue weighted by Gasteiger charge is 2.12. The minimum atomic E-state index is -0.570. The molecule has 0 atom stereocenters. The summed E-state index contributed by atoms with van der Waals surface area (Å²) in [6.07, 6.45) is 0. The Kier molecular flexibility index (Phi) is 6.47. The third-order valence-corrected chi connectivity index (χ3v) is 3.95. The molecule has 0 bridgehead atoms. The van der Waals surface area contributed by atoms with Gasteiger partial charge >= 0.3 is 5.97 Å². The highest BCUT2D eigenvalue weighted by molar-refractivity contribution is 5.94. The molecule has 0 N–H and O–H groups in total. The minimum absolute atomic E-state index is 0.0889. The molecule has 148 valence electrons. The Morgan fingerprint density at radius 1 is 0.793 bits per heavy atom. The van der Waals surface area contributed by atoms with Gasteiger partial charge in [0.05, 0.1) is 7.11 Å². The summed E-state index contributed by atoms with van der Waals surface area (Å²) in [5.41, 5.74) is 0.495. The van der Waals surface area contributed by atoms with Crippen LogP contribution in [0, 0.1) is 0 Å². The monoisotopic (exact) mass is 392 g/mol. The van der Waals surface area contributed by atoms with Crippen LogP contribution in [0.15, 0.2) is 72.8 Å². The van der Waals surface area contributed by atoms with Crippen LogP contribution in [0.3, 0.4) is 0 Å². The van der Waals surface area contributed by atoms with Crippen LogP contribution in [0.2, 0.25) is 0 Å². The van der Waals surface area contributed by atoms with E-state index in [4.69, 9.17) is 18.9 Å². The summed E-state index contributed by atoms with van der Waals surface area (Å²) in [6, 6.07) is 20.8. The number of ether oxygens (including phenoxy) is 4. The highest BCUT2D eigenvalue weighted by atomic mass is 16.6. The fourth-order valence-corrected chi connectivity index (χ4v) is 2.50. The quantitative estimate of drug-likeness (QED) is 0.315. The molecule has 0 spiro atoms. The highest BCUT2D eigenvalue weighted by Crippen LogP contribution is 2.28. The lowest BCUT2D eigenvalue weighted by molar-refractivity contribution is -0.136. The van der Waals surface area contributed by atoms with Crippen molar-refractivity contribution in [2.45, 2.75) is 6.92 Å². The lowest BCUT2D eigenvalue weighted by Gasteiger charge is -2.11. The van der Waals surface area contributed by atoms with Gasteiger partial charge in [-0.2, -0.15) is 0 Å². The molecular formula is C23H20O6. The number of Topliss-reactive ketones (excluding diaryl/α,β-unsaturated/α-hetero) is 1. The van der Waals surface area contributed by atoms with Gasteiger partial charge < -0.3 is 18.9 Å². The van der Waals surface area contributed by atoms with Crippen LogP contribution < -0.4 is 18.9 Å². The summed E-state index contributed by atoms with van der Waals surface area (Å²) in [6.45, 7) is 1.15. The van der Waals surface area contributed by atoms with Gasteiger partial charge in [0.15, 0.2) is 23.9 Å². The molecule has 3 aromatic carbocycles. The number of rotatable bonds is 8. The summed E-state index contributed by atoms with van der Waals surface area (Å²) >= 11 is 0. The van der Waals surface area contributed by atoms with E-state index in [0.29, 0.717) is 28.6 Å². The van der Waals surface area contributed by atoms with Crippen LogP contribution in [0.1, 0.15) is 17.3 Å². The first-order valence-corrected chi connectivity index (χ1v) is 8.90. The zero-order chi connectivity index (χ0) is 20.6. The first-order chi connectivity index (χ1) is 14.0. The lowest BCUT2D eigenvalue weighted by Crippen LogP contribution is -2.18. The Morgan fingerprint density at radius 3 is 2.10 bits per heavy atom. The smallest absolute Gasteiger partial charge is 0.349 e. The first kappa shape index (κ1) is 19.9. The molecule has 0 aliphatic rings. The molecule has 0 aliphatic heterocycles. The van der Waals surface area contributed by atoms with E-state index in [0.717, 1.165) is 5.75 Å². The maximum atomic E-state index is 12.1. The fraction of sp³-hybridized carbons (Fsp3) is 0.130. The van der Waals surface area contributed by atoms with Crippen molar-refractivity contribution in [2.75, 3.05) is 13.7 Å². The van der Waals surface area contributed by atoms with Crippen molar-refractivity contribution >= 4 is 11.8 Å². The second-order valence-corrected chi connectivity index (χ2v) is 6.07. The predicted molar refractivity (Wildman–Crippen MR) is 107 cm³/mol. The van der Waals surface area contributed by atoms with Crippen molar-refractivity contribution in [1.29, 1.82) is 0 Å². The summed E-state index contributed by atoms with van der Waals surface area (Å²) in [7, 11) is 1.46. The Hall–Kier alpha value is -3.80. The maximum absolute atomic E-state index is 12.1. The van der Waals surface area contributed by atoms with Crippen molar-refractivity contribution < 1.29 is 28.5 Å². The zero-order valence-electron chi connectivity index (χ0n) is 16.1. The normalized spacial score (nSPS) is 10.1. The number of para-hydroxylation sites is 1. The summed E-state index contributed by atoms with van der Waals surface area (Å²) in [5.74, 6) is 1.78. The van der Waals surface area contributed by atoms with Gasteiger partial charge in [-0.05, 0) is 61.5 Å².